The van der Waals surface area contributed by atoms with Crippen molar-refractivity contribution in [1.29, 1.82) is 0 Å². The molecule has 1 aliphatic heterocycles. The smallest absolute Gasteiger partial charge is 0.273 e. The average molecular weight is 469 g/mol. The minimum Gasteiger partial charge on any atom is -0.273 e. The molecule has 1 aliphatic rings. The Kier molecular flexibility index (Phi) is 6.27. The van der Waals surface area contributed by atoms with Crippen LogP contribution in [-0.2, 0) is 16.0 Å². The molecule has 8 heteroatoms. The normalized spacial score (nSPS) is 15.5. The highest BCUT2D eigenvalue weighted by molar-refractivity contribution is 8.01. The minimum absolute atomic E-state index is 0.0796. The number of aryl methyl sites for hydroxylation is 1. The maximum absolute atomic E-state index is 13.0. The van der Waals surface area contributed by atoms with E-state index in [4.69, 9.17) is 11.6 Å². The van der Waals surface area contributed by atoms with Crippen molar-refractivity contribution >= 4 is 64.3 Å². The number of nitrogens with one attached hydrogen (secondary N) is 1. The van der Waals surface area contributed by atoms with Gasteiger partial charge in [0.15, 0.2) is 0 Å². The number of amides is 4. The fourth-order valence-electron chi connectivity index (χ4n) is 3.00. The van der Waals surface area contributed by atoms with Gasteiger partial charge in [-0.25, -0.2) is 9.69 Å². The molecule has 5 nitrogen and oxygen atoms in total. The lowest BCUT2D eigenvalue weighted by Crippen LogP contribution is -2.54. The second kappa shape index (κ2) is 9.09. The van der Waals surface area contributed by atoms with Crippen LogP contribution in [0.25, 0.3) is 6.08 Å². The van der Waals surface area contributed by atoms with Crippen LogP contribution in [0.3, 0.4) is 0 Å². The first kappa shape index (κ1) is 21.4. The Morgan fingerprint density at radius 3 is 2.39 bits per heavy atom. The van der Waals surface area contributed by atoms with E-state index in [0.717, 1.165) is 30.9 Å². The molecule has 156 valence electrons. The van der Waals surface area contributed by atoms with Gasteiger partial charge in [-0.2, -0.15) is 0 Å². The lowest BCUT2D eigenvalue weighted by Gasteiger charge is -2.26. The van der Waals surface area contributed by atoms with E-state index in [0.29, 0.717) is 10.7 Å². The fraction of sp³-hybridized carbons (Fsp3) is 0.0870. The van der Waals surface area contributed by atoms with E-state index < -0.39 is 17.8 Å². The number of thiophene rings is 1. The van der Waals surface area contributed by atoms with Crippen molar-refractivity contribution < 1.29 is 14.4 Å². The number of barbiturate groups is 1. The molecule has 4 amide bonds. The van der Waals surface area contributed by atoms with Crippen LogP contribution in [0, 0.1) is 0 Å². The van der Waals surface area contributed by atoms with E-state index in [2.05, 4.69) is 5.32 Å². The molecule has 0 atom stereocenters. The number of urea groups is 1. The van der Waals surface area contributed by atoms with Gasteiger partial charge in [0.2, 0.25) is 0 Å². The van der Waals surface area contributed by atoms with Gasteiger partial charge < -0.3 is 0 Å². The summed E-state index contributed by atoms with van der Waals surface area (Å²) < 4.78 is 1.00. The SMILES string of the molecule is CCc1ccc(N2C(=O)NC(=O)/C(=C\c3ccc(Sc4ccc(Cl)cc4)s3)C2=O)cc1. The van der Waals surface area contributed by atoms with Crippen LogP contribution in [0.4, 0.5) is 10.5 Å². The summed E-state index contributed by atoms with van der Waals surface area (Å²) in [4.78, 5) is 40.5. The number of hydrogen-bond acceptors (Lipinski definition) is 5. The molecule has 2 heterocycles. The molecule has 0 radical (unpaired) electrons. The Balaban J connectivity index is 1.58. The van der Waals surface area contributed by atoms with Crippen molar-refractivity contribution in [3.63, 3.8) is 0 Å². The second-order valence-corrected chi connectivity index (χ2v) is 9.62. The van der Waals surface area contributed by atoms with Gasteiger partial charge in [-0.15, -0.1) is 11.3 Å². The van der Waals surface area contributed by atoms with Crippen molar-refractivity contribution in [2.75, 3.05) is 4.90 Å². The molecule has 1 N–H and O–H groups in total. The monoisotopic (exact) mass is 468 g/mol. The summed E-state index contributed by atoms with van der Waals surface area (Å²) in [6.45, 7) is 2.02. The summed E-state index contributed by atoms with van der Waals surface area (Å²) >= 11 is 8.94. The third-order valence-electron chi connectivity index (χ3n) is 4.63. The Bertz CT molecular complexity index is 1180. The van der Waals surface area contributed by atoms with E-state index in [9.17, 15) is 14.4 Å². The second-order valence-electron chi connectivity index (χ2n) is 6.69. The zero-order valence-electron chi connectivity index (χ0n) is 16.4. The number of carbonyl (C=O) groups is 3. The number of hydrogen-bond donors (Lipinski definition) is 1. The quantitative estimate of drug-likeness (QED) is 0.380. The van der Waals surface area contributed by atoms with Gasteiger partial charge in [-0.3, -0.25) is 14.9 Å². The molecule has 3 aromatic rings. The standard InChI is InChI=1S/C23H17ClN2O3S2/c1-2-14-3-7-16(8-4-14)26-22(28)19(21(27)25-23(26)29)13-18-11-12-20(31-18)30-17-9-5-15(24)6-10-17/h3-13H,2H2,1H3,(H,25,27,29)/b19-13+. The molecule has 0 spiro atoms. The predicted molar refractivity (Wildman–Crippen MR) is 125 cm³/mol. The lowest BCUT2D eigenvalue weighted by atomic mass is 10.1. The van der Waals surface area contributed by atoms with Crippen molar-refractivity contribution in [2.24, 2.45) is 0 Å². The average Bonchev–Trinajstić information content (AvgIpc) is 3.20. The Labute approximate surface area is 192 Å². The van der Waals surface area contributed by atoms with Gasteiger partial charge in [-0.05, 0) is 66.6 Å². The minimum atomic E-state index is -0.749. The Morgan fingerprint density at radius 2 is 1.71 bits per heavy atom. The van der Waals surface area contributed by atoms with E-state index in [1.807, 2.05) is 55.5 Å². The summed E-state index contributed by atoms with van der Waals surface area (Å²) in [7, 11) is 0. The number of halogens is 1. The summed E-state index contributed by atoms with van der Waals surface area (Å²) in [6, 6.07) is 17.6. The van der Waals surface area contributed by atoms with Crippen LogP contribution in [0.5, 0.6) is 0 Å². The van der Waals surface area contributed by atoms with E-state index >= 15 is 0 Å². The molecule has 4 rings (SSSR count). The van der Waals surface area contributed by atoms with Crippen molar-refractivity contribution in [1.82, 2.24) is 5.32 Å². The summed E-state index contributed by atoms with van der Waals surface area (Å²) in [6.07, 6.45) is 2.37. The molecular formula is C23H17ClN2O3S2. The number of carbonyl (C=O) groups excluding carboxylic acids is 3. The van der Waals surface area contributed by atoms with Gasteiger partial charge in [0.25, 0.3) is 11.8 Å². The number of nitrogens with zero attached hydrogens (tertiary/aromatic N) is 1. The maximum Gasteiger partial charge on any atom is 0.335 e. The third-order valence-corrected chi connectivity index (χ3v) is 7.05. The highest BCUT2D eigenvalue weighted by Gasteiger charge is 2.36. The number of imide groups is 2. The molecule has 1 fully saturated rings. The fourth-order valence-corrected chi connectivity index (χ4v) is 5.19. The number of rotatable bonds is 5. The maximum atomic E-state index is 13.0. The molecule has 0 bridgehead atoms. The topological polar surface area (TPSA) is 66.5 Å². The zero-order valence-corrected chi connectivity index (χ0v) is 18.8. The first-order chi connectivity index (χ1) is 14.9. The van der Waals surface area contributed by atoms with Crippen LogP contribution in [0.2, 0.25) is 5.02 Å². The largest absolute Gasteiger partial charge is 0.335 e. The Hall–Kier alpha value is -2.87. The van der Waals surface area contributed by atoms with E-state index in [-0.39, 0.29) is 5.57 Å². The molecule has 0 aliphatic carbocycles. The molecular weight excluding hydrogens is 452 g/mol. The van der Waals surface area contributed by atoms with Crippen LogP contribution >= 0.6 is 34.7 Å². The summed E-state index contributed by atoms with van der Waals surface area (Å²) in [5, 5.41) is 2.93. The van der Waals surface area contributed by atoms with Gasteiger partial charge >= 0.3 is 6.03 Å². The Morgan fingerprint density at radius 1 is 1.00 bits per heavy atom. The molecule has 31 heavy (non-hydrogen) atoms. The van der Waals surface area contributed by atoms with Crippen LogP contribution in [0.1, 0.15) is 17.4 Å². The summed E-state index contributed by atoms with van der Waals surface area (Å²) in [5.41, 5.74) is 1.43. The highest BCUT2D eigenvalue weighted by Crippen LogP contribution is 2.35. The number of benzene rings is 2. The zero-order chi connectivity index (χ0) is 22.0. The van der Waals surface area contributed by atoms with Gasteiger partial charge in [0, 0.05) is 14.8 Å². The van der Waals surface area contributed by atoms with Crippen molar-refractivity contribution in [2.45, 2.75) is 22.4 Å². The molecule has 1 saturated heterocycles. The molecule has 0 unspecified atom stereocenters. The van der Waals surface area contributed by atoms with Crippen LogP contribution in [-0.4, -0.2) is 17.8 Å². The number of anilines is 1. The first-order valence-corrected chi connectivity index (χ1v) is 11.5. The molecule has 0 saturated carbocycles. The summed E-state index contributed by atoms with van der Waals surface area (Å²) in [5.74, 6) is -1.34. The third kappa shape index (κ3) is 4.74. The van der Waals surface area contributed by atoms with Gasteiger partial charge in [0.1, 0.15) is 5.57 Å². The van der Waals surface area contributed by atoms with Crippen LogP contribution in [0.15, 0.2) is 75.3 Å². The molecule has 1 aromatic heterocycles. The van der Waals surface area contributed by atoms with Gasteiger partial charge in [0.05, 0.1) is 9.90 Å². The van der Waals surface area contributed by atoms with Crippen LogP contribution < -0.4 is 10.2 Å². The van der Waals surface area contributed by atoms with Crippen molar-refractivity contribution in [3.8, 4) is 0 Å². The van der Waals surface area contributed by atoms with E-state index in [1.165, 1.54) is 17.4 Å². The van der Waals surface area contributed by atoms with Crippen molar-refractivity contribution in [3.05, 3.63) is 81.7 Å². The van der Waals surface area contributed by atoms with E-state index in [1.54, 1.807) is 23.9 Å². The first-order valence-electron chi connectivity index (χ1n) is 9.48. The van der Waals surface area contributed by atoms with Gasteiger partial charge in [-0.1, -0.05) is 42.4 Å². The highest BCUT2D eigenvalue weighted by atomic mass is 35.5. The molecule has 2 aromatic carbocycles. The lowest BCUT2D eigenvalue weighted by molar-refractivity contribution is -0.122. The predicted octanol–water partition coefficient (Wildman–Crippen LogP) is 5.78.